The van der Waals surface area contributed by atoms with Gasteiger partial charge in [-0.3, -0.25) is 4.90 Å². The quantitative estimate of drug-likeness (QED) is 0.642. The summed E-state index contributed by atoms with van der Waals surface area (Å²) in [6.45, 7) is 4.21. The van der Waals surface area contributed by atoms with Gasteiger partial charge in [-0.15, -0.1) is 0 Å². The highest BCUT2D eigenvalue weighted by molar-refractivity contribution is 5.70. The Morgan fingerprint density at radius 1 is 0.931 bits per heavy atom. The van der Waals surface area contributed by atoms with Gasteiger partial charge in [0.25, 0.3) is 0 Å². The zero-order valence-electron chi connectivity index (χ0n) is 16.7. The molecule has 0 bridgehead atoms. The first-order valence-electron chi connectivity index (χ1n) is 10.1. The number of ether oxygens (including phenoxy) is 1. The molecule has 0 radical (unpaired) electrons. The van der Waals surface area contributed by atoms with Crippen LogP contribution in [0, 0.1) is 0 Å². The molecule has 1 aliphatic heterocycles. The highest BCUT2D eigenvalue weighted by Gasteiger charge is 2.25. The normalized spacial score (nSPS) is 18.1. The molecule has 0 amide bonds. The summed E-state index contributed by atoms with van der Waals surface area (Å²) < 4.78 is 5.87. The predicted molar refractivity (Wildman–Crippen MR) is 118 cm³/mol. The Balaban J connectivity index is 1.40. The smallest absolute Gasteiger partial charge is 0.119 e. The summed E-state index contributed by atoms with van der Waals surface area (Å²) in [4.78, 5) is 2.31. The first-order chi connectivity index (χ1) is 14.2. The van der Waals surface area contributed by atoms with Crippen molar-refractivity contribution in [3.8, 4) is 5.75 Å². The maximum Gasteiger partial charge on any atom is 0.119 e. The molecular formula is C26H27NO2. The molecule has 0 aromatic heterocycles. The molecule has 0 aliphatic carbocycles. The van der Waals surface area contributed by atoms with Gasteiger partial charge in [-0.05, 0) is 41.3 Å². The van der Waals surface area contributed by atoms with Crippen LogP contribution < -0.4 is 4.74 Å². The number of β-amino-alcohol motifs (C(OH)–C–C–N with tert-alkyl or cyclic N) is 1. The van der Waals surface area contributed by atoms with Gasteiger partial charge in [-0.2, -0.15) is 0 Å². The van der Waals surface area contributed by atoms with E-state index in [1.54, 1.807) is 0 Å². The Hall–Kier alpha value is -2.88. The highest BCUT2D eigenvalue weighted by atomic mass is 16.5. The van der Waals surface area contributed by atoms with Crippen LogP contribution in [0.1, 0.15) is 29.7 Å². The van der Waals surface area contributed by atoms with Gasteiger partial charge in [-0.1, -0.05) is 78.9 Å². The molecule has 1 aliphatic rings. The molecule has 3 nitrogen and oxygen atoms in total. The van der Waals surface area contributed by atoms with E-state index in [0.29, 0.717) is 13.2 Å². The Bertz CT molecular complexity index is 935. The minimum absolute atomic E-state index is 0.275. The molecule has 148 valence electrons. The van der Waals surface area contributed by atoms with E-state index in [4.69, 9.17) is 4.74 Å². The molecule has 0 fully saturated rings. The van der Waals surface area contributed by atoms with E-state index in [1.807, 2.05) is 48.5 Å². The zero-order valence-corrected chi connectivity index (χ0v) is 16.7. The fourth-order valence-corrected chi connectivity index (χ4v) is 3.80. The number of nitrogens with zero attached hydrogens (tertiary/aromatic N) is 1. The summed E-state index contributed by atoms with van der Waals surface area (Å²) in [6.07, 6.45) is 1.65. The summed E-state index contributed by atoms with van der Waals surface area (Å²) >= 11 is 0. The third-order valence-corrected chi connectivity index (χ3v) is 5.58. The summed E-state index contributed by atoms with van der Waals surface area (Å²) in [5.74, 6) is 0.836. The van der Waals surface area contributed by atoms with E-state index in [9.17, 15) is 5.11 Å². The molecule has 4 rings (SSSR count). The minimum atomic E-state index is -0.494. The molecule has 1 heterocycles. The lowest BCUT2D eigenvalue weighted by Crippen LogP contribution is -2.38. The Morgan fingerprint density at radius 2 is 1.59 bits per heavy atom. The molecule has 3 aromatic rings. The van der Waals surface area contributed by atoms with E-state index in [0.717, 1.165) is 29.0 Å². The van der Waals surface area contributed by atoms with Crippen molar-refractivity contribution in [2.75, 3.05) is 13.1 Å². The second-order valence-electron chi connectivity index (χ2n) is 7.51. The number of rotatable bonds is 6. The largest absolute Gasteiger partial charge is 0.489 e. The third-order valence-electron chi connectivity index (χ3n) is 5.58. The van der Waals surface area contributed by atoms with Crippen molar-refractivity contribution in [2.24, 2.45) is 0 Å². The fourth-order valence-electron chi connectivity index (χ4n) is 3.80. The maximum absolute atomic E-state index is 10.8. The third kappa shape index (κ3) is 4.76. The molecule has 0 spiro atoms. The van der Waals surface area contributed by atoms with Crippen LogP contribution in [0.4, 0.5) is 0 Å². The Kier molecular flexibility index (Phi) is 6.09. The molecule has 0 saturated carbocycles. The van der Waals surface area contributed by atoms with Crippen molar-refractivity contribution in [2.45, 2.75) is 25.7 Å². The van der Waals surface area contributed by atoms with Crippen LogP contribution in [-0.2, 0) is 6.61 Å². The lowest BCUT2D eigenvalue weighted by Gasteiger charge is -2.35. The average Bonchev–Trinajstić information content (AvgIpc) is 2.79. The van der Waals surface area contributed by atoms with Crippen LogP contribution in [0.3, 0.4) is 0 Å². The number of aliphatic hydroxyl groups is 1. The Morgan fingerprint density at radius 3 is 2.24 bits per heavy atom. The second kappa shape index (κ2) is 9.08. The van der Waals surface area contributed by atoms with Crippen LogP contribution >= 0.6 is 0 Å². The number of hydrogen-bond donors (Lipinski definition) is 1. The van der Waals surface area contributed by atoms with Crippen LogP contribution in [0.2, 0.25) is 0 Å². The highest BCUT2D eigenvalue weighted by Crippen LogP contribution is 2.29. The molecule has 29 heavy (non-hydrogen) atoms. The van der Waals surface area contributed by atoms with Crippen molar-refractivity contribution in [3.63, 3.8) is 0 Å². The fraction of sp³-hybridized carbons (Fsp3) is 0.231. The molecule has 2 atom stereocenters. The molecule has 3 heteroatoms. The van der Waals surface area contributed by atoms with Crippen molar-refractivity contribution in [1.29, 1.82) is 0 Å². The molecule has 0 unspecified atom stereocenters. The summed E-state index contributed by atoms with van der Waals surface area (Å²) in [7, 11) is 0. The van der Waals surface area contributed by atoms with Gasteiger partial charge in [0.1, 0.15) is 12.4 Å². The van der Waals surface area contributed by atoms with Gasteiger partial charge in [0.15, 0.2) is 0 Å². The Labute approximate surface area is 172 Å². The van der Waals surface area contributed by atoms with Crippen molar-refractivity contribution in [1.82, 2.24) is 4.90 Å². The van der Waals surface area contributed by atoms with Gasteiger partial charge < -0.3 is 9.84 Å². The SMILES string of the molecule is C[C@H](c1ccccc1)N1CC=C(c2ccc(OCc3ccccc3)cc2)[C@H](O)C1. The lowest BCUT2D eigenvalue weighted by molar-refractivity contribution is 0.126. The molecule has 3 aromatic carbocycles. The first kappa shape index (κ1) is 19.4. The molecule has 1 N–H and O–H groups in total. The average molecular weight is 386 g/mol. The van der Waals surface area contributed by atoms with Crippen LogP contribution in [0.15, 0.2) is 91.0 Å². The van der Waals surface area contributed by atoms with Crippen molar-refractivity contribution >= 4 is 5.57 Å². The summed E-state index contributed by atoms with van der Waals surface area (Å²) in [5.41, 5.74) is 4.47. The summed E-state index contributed by atoms with van der Waals surface area (Å²) in [5, 5.41) is 10.8. The van der Waals surface area contributed by atoms with E-state index >= 15 is 0 Å². The minimum Gasteiger partial charge on any atom is -0.489 e. The second-order valence-corrected chi connectivity index (χ2v) is 7.51. The number of benzene rings is 3. The van der Waals surface area contributed by atoms with Crippen LogP contribution in [0.5, 0.6) is 5.75 Å². The molecule has 0 saturated heterocycles. The van der Waals surface area contributed by atoms with Gasteiger partial charge >= 0.3 is 0 Å². The number of hydrogen-bond acceptors (Lipinski definition) is 3. The van der Waals surface area contributed by atoms with E-state index < -0.39 is 6.10 Å². The summed E-state index contributed by atoms with van der Waals surface area (Å²) in [6, 6.07) is 28.9. The standard InChI is InChI=1S/C26H27NO2/c1-20(22-10-6-3-7-11-22)27-17-16-25(26(28)18-27)23-12-14-24(15-13-23)29-19-21-8-4-2-5-9-21/h2-16,20,26,28H,17-19H2,1H3/t20-,26-/m1/s1. The predicted octanol–water partition coefficient (Wildman–Crippen LogP) is 5.09. The van der Waals surface area contributed by atoms with Crippen LogP contribution in [0.25, 0.3) is 5.57 Å². The monoisotopic (exact) mass is 385 g/mol. The van der Waals surface area contributed by atoms with E-state index in [-0.39, 0.29) is 6.04 Å². The van der Waals surface area contributed by atoms with Gasteiger partial charge in [0.05, 0.1) is 6.10 Å². The lowest BCUT2D eigenvalue weighted by atomic mass is 9.95. The number of aliphatic hydroxyl groups excluding tert-OH is 1. The molecular weight excluding hydrogens is 358 g/mol. The van der Waals surface area contributed by atoms with E-state index in [2.05, 4.69) is 54.3 Å². The maximum atomic E-state index is 10.8. The van der Waals surface area contributed by atoms with Crippen molar-refractivity contribution < 1.29 is 9.84 Å². The van der Waals surface area contributed by atoms with Crippen molar-refractivity contribution in [3.05, 3.63) is 108 Å². The van der Waals surface area contributed by atoms with Gasteiger partial charge in [0, 0.05) is 19.1 Å². The zero-order chi connectivity index (χ0) is 20.1. The van der Waals surface area contributed by atoms with Crippen LogP contribution in [-0.4, -0.2) is 29.2 Å². The first-order valence-corrected chi connectivity index (χ1v) is 10.1. The van der Waals surface area contributed by atoms with E-state index in [1.165, 1.54) is 5.56 Å². The van der Waals surface area contributed by atoms with Gasteiger partial charge in [-0.25, -0.2) is 0 Å². The van der Waals surface area contributed by atoms with Gasteiger partial charge in [0.2, 0.25) is 0 Å². The topological polar surface area (TPSA) is 32.7 Å².